The first kappa shape index (κ1) is 34.2. The van der Waals surface area contributed by atoms with Gasteiger partial charge in [-0.25, -0.2) is 15.0 Å². The number of rotatable bonds is 7. The molecule has 0 amide bonds. The van der Waals surface area contributed by atoms with E-state index in [4.69, 9.17) is 19.9 Å². The quantitative estimate of drug-likeness (QED) is 0.152. The highest BCUT2D eigenvalue weighted by Gasteiger charge is 2.20. The lowest BCUT2D eigenvalue weighted by Crippen LogP contribution is -1.98. The fraction of sp³-hybridized carbons (Fsp3) is 0. The predicted molar refractivity (Wildman–Crippen MR) is 242 cm³/mol. The van der Waals surface area contributed by atoms with Crippen LogP contribution in [0.4, 0.5) is 0 Å². The Morgan fingerprint density at radius 3 is 1.49 bits per heavy atom. The van der Waals surface area contributed by atoms with E-state index < -0.39 is 0 Å². The maximum atomic E-state index is 5.17. The molecule has 0 saturated heterocycles. The van der Waals surface area contributed by atoms with Gasteiger partial charge >= 0.3 is 0 Å². The molecular formula is C54H35N5. The highest BCUT2D eigenvalue weighted by atomic mass is 15.1. The van der Waals surface area contributed by atoms with Crippen LogP contribution in [0.25, 0.3) is 106 Å². The number of pyridine rings is 1. The number of fused-ring (bicyclic) bond motifs is 3. The first-order valence-corrected chi connectivity index (χ1v) is 19.8. The lowest BCUT2D eigenvalue weighted by Gasteiger charge is -2.18. The van der Waals surface area contributed by atoms with Gasteiger partial charge in [0.05, 0.1) is 28.1 Å². The molecule has 0 fully saturated rings. The third-order valence-electron chi connectivity index (χ3n) is 11.1. The molecule has 0 aliphatic carbocycles. The van der Waals surface area contributed by atoms with Crippen LogP contribution >= 0.6 is 0 Å². The Morgan fingerprint density at radius 1 is 0.339 bits per heavy atom. The summed E-state index contributed by atoms with van der Waals surface area (Å²) < 4.78 is 2.24. The van der Waals surface area contributed by atoms with Crippen molar-refractivity contribution < 1.29 is 0 Å². The molecular weight excluding hydrogens is 719 g/mol. The predicted octanol–water partition coefficient (Wildman–Crippen LogP) is 13.5. The van der Waals surface area contributed by atoms with Crippen molar-refractivity contribution in [3.63, 3.8) is 0 Å². The van der Waals surface area contributed by atoms with Gasteiger partial charge in [-0.1, -0.05) is 164 Å². The zero-order valence-corrected chi connectivity index (χ0v) is 31.9. The Hall–Kier alpha value is -8.02. The number of nitrogens with zero attached hydrogens (tertiary/aromatic N) is 5. The molecule has 5 heteroatoms. The minimum absolute atomic E-state index is 0.702. The summed E-state index contributed by atoms with van der Waals surface area (Å²) in [5.74, 6) is 1.58. The second kappa shape index (κ2) is 14.5. The van der Waals surface area contributed by atoms with Gasteiger partial charge in [0.2, 0.25) is 0 Å². The minimum atomic E-state index is 0.702. The monoisotopic (exact) mass is 753 g/mol. The number of para-hydroxylation sites is 3. The molecule has 11 aromatic rings. The summed E-state index contributed by atoms with van der Waals surface area (Å²) in [5, 5.41) is 4.61. The van der Waals surface area contributed by atoms with Gasteiger partial charge in [-0.05, 0) is 75.1 Å². The van der Waals surface area contributed by atoms with Gasteiger partial charge in [0.1, 0.15) is 5.82 Å². The largest absolute Gasteiger partial charge is 0.292 e. The Kier molecular flexibility index (Phi) is 8.41. The van der Waals surface area contributed by atoms with Crippen LogP contribution in [-0.4, -0.2) is 24.5 Å². The van der Waals surface area contributed by atoms with Crippen molar-refractivity contribution in [1.82, 2.24) is 24.5 Å². The van der Waals surface area contributed by atoms with Crippen molar-refractivity contribution in [3.05, 3.63) is 212 Å². The number of aromatic nitrogens is 5. The van der Waals surface area contributed by atoms with E-state index in [9.17, 15) is 0 Å². The van der Waals surface area contributed by atoms with Gasteiger partial charge in [-0.3, -0.25) is 9.55 Å². The van der Waals surface area contributed by atoms with Gasteiger partial charge in [0, 0.05) is 39.7 Å². The summed E-state index contributed by atoms with van der Waals surface area (Å²) in [6, 6.07) is 71.8. The molecule has 0 spiro atoms. The number of benzene rings is 8. The molecule has 0 radical (unpaired) electrons. The lowest BCUT2D eigenvalue weighted by atomic mass is 9.87. The molecule has 0 atom stereocenters. The molecule has 0 unspecified atom stereocenters. The topological polar surface area (TPSA) is 56.5 Å². The summed E-state index contributed by atoms with van der Waals surface area (Å²) in [5.41, 5.74) is 13.2. The molecule has 0 aliphatic heterocycles. The van der Waals surface area contributed by atoms with Gasteiger partial charge in [0.25, 0.3) is 0 Å². The third kappa shape index (κ3) is 6.13. The molecule has 0 N–H and O–H groups in total. The van der Waals surface area contributed by atoms with Crippen LogP contribution in [0.3, 0.4) is 0 Å². The highest BCUT2D eigenvalue weighted by Crippen LogP contribution is 2.44. The first-order valence-electron chi connectivity index (χ1n) is 19.8. The molecule has 3 aromatic heterocycles. The van der Waals surface area contributed by atoms with E-state index in [0.29, 0.717) is 5.82 Å². The Balaban J connectivity index is 1.05. The van der Waals surface area contributed by atoms with Crippen LogP contribution in [-0.2, 0) is 0 Å². The third-order valence-corrected chi connectivity index (χ3v) is 11.1. The summed E-state index contributed by atoms with van der Waals surface area (Å²) in [7, 11) is 0. The standard InChI is InChI=1S/C54H35N5/c1-4-16-36(17-5-1)47-35-48(57-53(56-47)39-18-6-2-7-19-39)37-28-30-38(31-29-37)51-42-22-10-12-24-44(42)52(45-25-13-11-23-43(45)51)49-34-40(32-33-55-49)54-58-46-26-14-15-27-50(46)59(54)41-20-8-3-9-21-41/h1-35H. The van der Waals surface area contributed by atoms with Crippen molar-refractivity contribution in [2.24, 2.45) is 0 Å². The zero-order valence-electron chi connectivity index (χ0n) is 31.9. The summed E-state index contributed by atoms with van der Waals surface area (Å²) >= 11 is 0. The molecule has 3 heterocycles. The number of hydrogen-bond acceptors (Lipinski definition) is 4. The van der Waals surface area contributed by atoms with Crippen molar-refractivity contribution >= 4 is 32.6 Å². The van der Waals surface area contributed by atoms with E-state index >= 15 is 0 Å². The molecule has 0 saturated carbocycles. The van der Waals surface area contributed by atoms with Gasteiger partial charge in [-0.15, -0.1) is 0 Å². The summed E-state index contributed by atoms with van der Waals surface area (Å²) in [6.07, 6.45) is 1.91. The maximum absolute atomic E-state index is 5.17. The van der Waals surface area contributed by atoms with Gasteiger partial charge in [-0.2, -0.15) is 0 Å². The van der Waals surface area contributed by atoms with Crippen LogP contribution in [0.15, 0.2) is 212 Å². The molecule has 5 nitrogen and oxygen atoms in total. The van der Waals surface area contributed by atoms with E-state index in [1.54, 1.807) is 0 Å². The molecule has 8 aromatic carbocycles. The fourth-order valence-corrected chi connectivity index (χ4v) is 8.36. The lowest BCUT2D eigenvalue weighted by molar-refractivity contribution is 1.10. The summed E-state index contributed by atoms with van der Waals surface area (Å²) in [6.45, 7) is 0. The van der Waals surface area contributed by atoms with Crippen LogP contribution in [0.1, 0.15) is 0 Å². The van der Waals surface area contributed by atoms with E-state index in [0.717, 1.165) is 94.6 Å². The van der Waals surface area contributed by atoms with Crippen LogP contribution in [0.5, 0.6) is 0 Å². The highest BCUT2D eigenvalue weighted by molar-refractivity contribution is 6.21. The second-order valence-corrected chi connectivity index (χ2v) is 14.6. The van der Waals surface area contributed by atoms with Crippen LogP contribution in [0, 0.1) is 0 Å². The molecule has 11 rings (SSSR count). The minimum Gasteiger partial charge on any atom is -0.292 e. The van der Waals surface area contributed by atoms with Gasteiger partial charge in [0.15, 0.2) is 5.82 Å². The van der Waals surface area contributed by atoms with Crippen molar-refractivity contribution in [2.75, 3.05) is 0 Å². The van der Waals surface area contributed by atoms with Crippen molar-refractivity contribution in [3.8, 4) is 73.4 Å². The summed E-state index contributed by atoms with van der Waals surface area (Å²) in [4.78, 5) is 20.3. The van der Waals surface area contributed by atoms with Gasteiger partial charge < -0.3 is 0 Å². The van der Waals surface area contributed by atoms with E-state index in [-0.39, 0.29) is 0 Å². The van der Waals surface area contributed by atoms with Crippen LogP contribution in [0.2, 0.25) is 0 Å². The van der Waals surface area contributed by atoms with Crippen LogP contribution < -0.4 is 0 Å². The Bertz CT molecular complexity index is 3190. The van der Waals surface area contributed by atoms with E-state index in [2.05, 4.69) is 162 Å². The molecule has 0 aliphatic rings. The average Bonchev–Trinajstić information content (AvgIpc) is 3.71. The Morgan fingerprint density at radius 2 is 0.847 bits per heavy atom. The SMILES string of the molecule is c1ccc(-c2cc(-c3ccc(-c4c5ccccc5c(-c5cc(-c6nc7ccccc7n6-c6ccccc6)ccn5)c5ccccc45)cc3)nc(-c3ccccc3)n2)cc1. The first-order chi connectivity index (χ1) is 29.3. The Labute approximate surface area is 341 Å². The average molecular weight is 754 g/mol. The van der Waals surface area contributed by atoms with E-state index in [1.807, 2.05) is 54.7 Å². The molecule has 0 bridgehead atoms. The smallest absolute Gasteiger partial charge is 0.160 e. The second-order valence-electron chi connectivity index (χ2n) is 14.6. The molecule has 59 heavy (non-hydrogen) atoms. The molecule has 276 valence electrons. The zero-order chi connectivity index (χ0) is 39.1. The maximum Gasteiger partial charge on any atom is 0.160 e. The van der Waals surface area contributed by atoms with Crippen molar-refractivity contribution in [2.45, 2.75) is 0 Å². The fourth-order valence-electron chi connectivity index (χ4n) is 8.36. The normalized spacial score (nSPS) is 11.4. The van der Waals surface area contributed by atoms with Crippen molar-refractivity contribution in [1.29, 1.82) is 0 Å². The van der Waals surface area contributed by atoms with E-state index in [1.165, 1.54) is 5.56 Å². The number of imidazole rings is 1. The number of hydrogen-bond donors (Lipinski definition) is 0.